The molecule has 0 bridgehead atoms. The lowest BCUT2D eigenvalue weighted by Crippen LogP contribution is -2.38. The van der Waals surface area contributed by atoms with Gasteiger partial charge >= 0.3 is 0 Å². The molecule has 0 aliphatic carbocycles. The van der Waals surface area contributed by atoms with E-state index in [1.807, 2.05) is 6.07 Å². The Morgan fingerprint density at radius 3 is 2.87 bits per heavy atom. The summed E-state index contributed by atoms with van der Waals surface area (Å²) in [6, 6.07) is 8.44. The number of hydrogen-bond acceptors (Lipinski definition) is 3. The van der Waals surface area contributed by atoms with Crippen molar-refractivity contribution in [2.75, 3.05) is 13.6 Å². The molecule has 6 heteroatoms. The average Bonchev–Trinajstić information content (AvgIpc) is 3.10. The van der Waals surface area contributed by atoms with Crippen molar-refractivity contribution in [1.29, 1.82) is 5.26 Å². The van der Waals surface area contributed by atoms with Crippen molar-refractivity contribution in [2.45, 2.75) is 19.4 Å². The molecule has 1 heterocycles. The number of aliphatic imine (C=N–C) groups is 1. The Morgan fingerprint density at radius 2 is 2.22 bits per heavy atom. The van der Waals surface area contributed by atoms with Gasteiger partial charge in [0.2, 0.25) is 0 Å². The highest BCUT2D eigenvalue weighted by atomic mass is 32.1. The average molecular weight is 330 g/mol. The lowest BCUT2D eigenvalue weighted by atomic mass is 10.1. The molecule has 1 atom stereocenters. The van der Waals surface area contributed by atoms with Gasteiger partial charge in [-0.1, -0.05) is 6.92 Å². The number of benzene rings is 1. The molecule has 0 radical (unpaired) electrons. The first-order valence-electron chi connectivity index (χ1n) is 7.29. The first-order valence-corrected chi connectivity index (χ1v) is 8.23. The summed E-state index contributed by atoms with van der Waals surface area (Å²) < 4.78 is 13.8. The van der Waals surface area contributed by atoms with Gasteiger partial charge in [-0.15, -0.1) is 0 Å². The highest BCUT2D eigenvalue weighted by Gasteiger charge is 2.08. The van der Waals surface area contributed by atoms with Crippen LogP contribution in [0.1, 0.15) is 29.5 Å². The topological polar surface area (TPSA) is 60.2 Å². The summed E-state index contributed by atoms with van der Waals surface area (Å²) in [5.41, 5.74) is 2.17. The summed E-state index contributed by atoms with van der Waals surface area (Å²) in [5.74, 6) is 0.630. The Labute approximate surface area is 139 Å². The van der Waals surface area contributed by atoms with E-state index in [0.29, 0.717) is 23.0 Å². The van der Waals surface area contributed by atoms with Crippen LogP contribution in [0.25, 0.3) is 0 Å². The molecule has 120 valence electrons. The minimum Gasteiger partial charge on any atom is -0.356 e. The molecule has 0 saturated heterocycles. The van der Waals surface area contributed by atoms with Crippen LogP contribution in [-0.2, 0) is 6.54 Å². The summed E-state index contributed by atoms with van der Waals surface area (Å²) in [5, 5.41) is 19.4. The van der Waals surface area contributed by atoms with Gasteiger partial charge in [0, 0.05) is 25.7 Å². The number of thiophene rings is 1. The van der Waals surface area contributed by atoms with Crippen molar-refractivity contribution >= 4 is 17.3 Å². The van der Waals surface area contributed by atoms with Gasteiger partial charge in [0.05, 0.1) is 11.6 Å². The quantitative estimate of drug-likeness (QED) is 0.654. The second-order valence-corrected chi connectivity index (χ2v) is 5.96. The Kier molecular flexibility index (Phi) is 6.12. The predicted octanol–water partition coefficient (Wildman–Crippen LogP) is 3.23. The van der Waals surface area contributed by atoms with Crippen LogP contribution in [0.2, 0.25) is 0 Å². The zero-order chi connectivity index (χ0) is 16.7. The third-order valence-corrected chi connectivity index (χ3v) is 4.23. The summed E-state index contributed by atoms with van der Waals surface area (Å²) in [4.78, 5) is 4.14. The van der Waals surface area contributed by atoms with Crippen LogP contribution in [0.4, 0.5) is 4.39 Å². The monoisotopic (exact) mass is 330 g/mol. The molecule has 0 aliphatic rings. The highest BCUT2D eigenvalue weighted by molar-refractivity contribution is 7.07. The predicted molar refractivity (Wildman–Crippen MR) is 92.1 cm³/mol. The van der Waals surface area contributed by atoms with Gasteiger partial charge in [-0.2, -0.15) is 16.6 Å². The maximum atomic E-state index is 13.8. The van der Waals surface area contributed by atoms with Gasteiger partial charge in [-0.05, 0) is 46.5 Å². The van der Waals surface area contributed by atoms with Crippen LogP contribution in [0.5, 0.6) is 0 Å². The summed E-state index contributed by atoms with van der Waals surface area (Å²) in [7, 11) is 1.67. The molecular formula is C17H19FN4S. The van der Waals surface area contributed by atoms with Crippen molar-refractivity contribution in [3.63, 3.8) is 0 Å². The summed E-state index contributed by atoms with van der Waals surface area (Å²) in [6.45, 7) is 3.14. The normalized spacial score (nSPS) is 12.5. The van der Waals surface area contributed by atoms with Crippen molar-refractivity contribution < 1.29 is 4.39 Å². The van der Waals surface area contributed by atoms with Crippen LogP contribution in [0.3, 0.4) is 0 Å². The van der Waals surface area contributed by atoms with E-state index in [2.05, 4.69) is 39.4 Å². The molecule has 0 amide bonds. The van der Waals surface area contributed by atoms with Crippen molar-refractivity contribution in [2.24, 2.45) is 4.99 Å². The van der Waals surface area contributed by atoms with Crippen LogP contribution in [0.15, 0.2) is 40.0 Å². The van der Waals surface area contributed by atoms with E-state index in [1.54, 1.807) is 24.5 Å². The molecule has 23 heavy (non-hydrogen) atoms. The lowest BCUT2D eigenvalue weighted by molar-refractivity contribution is 0.603. The van der Waals surface area contributed by atoms with Gasteiger partial charge in [0.15, 0.2) is 5.96 Å². The standard InChI is InChI=1S/C17H19FN4S/c1-12(14-5-6-23-11-14)9-21-17(20-2)22-10-15-7-13(8-19)3-4-16(15)18/h3-7,11-12H,9-10H2,1-2H3,(H2,20,21,22). The zero-order valence-electron chi connectivity index (χ0n) is 13.1. The maximum absolute atomic E-state index is 13.8. The number of guanidine groups is 1. The van der Waals surface area contributed by atoms with E-state index in [1.165, 1.54) is 17.7 Å². The Hall–Kier alpha value is -2.39. The van der Waals surface area contributed by atoms with Gasteiger partial charge in [0.1, 0.15) is 5.82 Å². The first kappa shape index (κ1) is 17.0. The van der Waals surface area contributed by atoms with Gasteiger partial charge < -0.3 is 10.6 Å². The third kappa shape index (κ3) is 4.80. The third-order valence-electron chi connectivity index (χ3n) is 3.53. The van der Waals surface area contributed by atoms with Crippen LogP contribution in [-0.4, -0.2) is 19.6 Å². The summed E-state index contributed by atoms with van der Waals surface area (Å²) >= 11 is 1.68. The van der Waals surface area contributed by atoms with Gasteiger partial charge in [0.25, 0.3) is 0 Å². The number of rotatable bonds is 5. The summed E-state index contributed by atoms with van der Waals surface area (Å²) in [6.07, 6.45) is 0. The zero-order valence-corrected chi connectivity index (χ0v) is 14.0. The van der Waals surface area contributed by atoms with Crippen LogP contribution in [0, 0.1) is 17.1 Å². The number of nitrogens with zero attached hydrogens (tertiary/aromatic N) is 2. The number of halogens is 1. The highest BCUT2D eigenvalue weighted by Crippen LogP contribution is 2.17. The first-order chi connectivity index (χ1) is 11.1. The lowest BCUT2D eigenvalue weighted by Gasteiger charge is -2.15. The van der Waals surface area contributed by atoms with Crippen molar-refractivity contribution in [1.82, 2.24) is 10.6 Å². The van der Waals surface area contributed by atoms with Gasteiger partial charge in [-0.3, -0.25) is 4.99 Å². The van der Waals surface area contributed by atoms with E-state index in [-0.39, 0.29) is 12.4 Å². The van der Waals surface area contributed by atoms with Crippen LogP contribution >= 0.6 is 11.3 Å². The molecule has 2 aromatic rings. The van der Waals surface area contributed by atoms with Crippen molar-refractivity contribution in [3.8, 4) is 6.07 Å². The molecule has 0 spiro atoms. The fourth-order valence-corrected chi connectivity index (χ4v) is 2.88. The second-order valence-electron chi connectivity index (χ2n) is 5.18. The molecule has 1 unspecified atom stereocenters. The molecule has 0 aliphatic heterocycles. The molecule has 0 fully saturated rings. The maximum Gasteiger partial charge on any atom is 0.191 e. The molecule has 4 nitrogen and oxygen atoms in total. The molecule has 2 rings (SSSR count). The fourth-order valence-electron chi connectivity index (χ4n) is 2.10. The molecular weight excluding hydrogens is 311 g/mol. The van der Waals surface area contributed by atoms with Gasteiger partial charge in [-0.25, -0.2) is 4.39 Å². The van der Waals surface area contributed by atoms with E-state index in [0.717, 1.165) is 6.54 Å². The molecule has 0 saturated carbocycles. The number of nitriles is 1. The fraction of sp³-hybridized carbons (Fsp3) is 0.294. The smallest absolute Gasteiger partial charge is 0.191 e. The SMILES string of the molecule is CN=C(NCc1cc(C#N)ccc1F)NCC(C)c1ccsc1. The molecule has 1 aromatic carbocycles. The second kappa shape index (κ2) is 8.30. The van der Waals surface area contributed by atoms with Crippen LogP contribution < -0.4 is 10.6 Å². The molecule has 1 aromatic heterocycles. The number of nitrogens with one attached hydrogen (secondary N) is 2. The largest absolute Gasteiger partial charge is 0.356 e. The van der Waals surface area contributed by atoms with Crippen molar-refractivity contribution in [3.05, 3.63) is 57.5 Å². The van der Waals surface area contributed by atoms with E-state index < -0.39 is 0 Å². The van der Waals surface area contributed by atoms with E-state index in [4.69, 9.17) is 5.26 Å². The Morgan fingerprint density at radius 1 is 1.39 bits per heavy atom. The van der Waals surface area contributed by atoms with E-state index >= 15 is 0 Å². The Balaban J connectivity index is 1.89. The van der Waals surface area contributed by atoms with E-state index in [9.17, 15) is 4.39 Å². The minimum atomic E-state index is -0.335. The number of hydrogen-bond donors (Lipinski definition) is 2. The Bertz CT molecular complexity index is 704. The molecule has 2 N–H and O–H groups in total. The minimum absolute atomic E-state index is 0.272.